The first kappa shape index (κ1) is 17.3. The number of halogens is 2. The number of aromatic nitrogens is 2. The van der Waals surface area contributed by atoms with Crippen molar-refractivity contribution in [2.24, 2.45) is 0 Å². The zero-order chi connectivity index (χ0) is 17.8. The highest BCUT2D eigenvalue weighted by Crippen LogP contribution is 2.32. The Morgan fingerprint density at radius 3 is 2.20 bits per heavy atom. The van der Waals surface area contributed by atoms with Gasteiger partial charge in [0.25, 0.3) is 0 Å². The summed E-state index contributed by atoms with van der Waals surface area (Å²) in [5, 5.41) is 7.36. The zero-order valence-electron chi connectivity index (χ0n) is 13.8. The van der Waals surface area contributed by atoms with Gasteiger partial charge in [-0.2, -0.15) is 4.98 Å². The van der Waals surface area contributed by atoms with Gasteiger partial charge in [0, 0.05) is 31.7 Å². The van der Waals surface area contributed by atoms with Crippen LogP contribution in [0.2, 0.25) is 10.0 Å². The minimum Gasteiger partial charge on any atom is -0.378 e. The van der Waals surface area contributed by atoms with Crippen molar-refractivity contribution in [3.8, 4) is 0 Å². The lowest BCUT2D eigenvalue weighted by Gasteiger charge is -2.13. The van der Waals surface area contributed by atoms with Crippen LogP contribution >= 0.6 is 23.2 Å². The Balaban J connectivity index is 1.77. The van der Waals surface area contributed by atoms with Gasteiger partial charge in [0.1, 0.15) is 5.82 Å². The summed E-state index contributed by atoms with van der Waals surface area (Å²) < 4.78 is 0. The molecule has 1 heterocycles. The van der Waals surface area contributed by atoms with Crippen LogP contribution in [0, 0.1) is 0 Å². The lowest BCUT2D eigenvalue weighted by atomic mass is 10.2. The van der Waals surface area contributed by atoms with E-state index < -0.39 is 0 Å². The Morgan fingerprint density at radius 1 is 0.880 bits per heavy atom. The molecule has 0 bridgehead atoms. The molecule has 2 aromatic carbocycles. The fraction of sp³-hybridized carbons (Fsp3) is 0.111. The van der Waals surface area contributed by atoms with Crippen molar-refractivity contribution >= 4 is 52.0 Å². The van der Waals surface area contributed by atoms with Crippen molar-refractivity contribution in [3.63, 3.8) is 0 Å². The van der Waals surface area contributed by atoms with Crippen LogP contribution in [-0.4, -0.2) is 24.1 Å². The number of benzene rings is 2. The zero-order valence-corrected chi connectivity index (χ0v) is 15.3. The second-order valence-corrected chi connectivity index (χ2v) is 6.37. The quantitative estimate of drug-likeness (QED) is 0.632. The summed E-state index contributed by atoms with van der Waals surface area (Å²) in [7, 11) is 4.00. The molecule has 0 fully saturated rings. The van der Waals surface area contributed by atoms with Gasteiger partial charge in [0.05, 0.1) is 15.7 Å². The van der Waals surface area contributed by atoms with Crippen molar-refractivity contribution in [2.45, 2.75) is 0 Å². The van der Waals surface area contributed by atoms with E-state index >= 15 is 0 Å². The Labute approximate surface area is 156 Å². The van der Waals surface area contributed by atoms with E-state index in [2.05, 4.69) is 20.6 Å². The monoisotopic (exact) mass is 373 g/mol. The number of hydrogen-bond donors (Lipinski definition) is 2. The molecule has 7 heteroatoms. The fourth-order valence-corrected chi connectivity index (χ4v) is 2.70. The second-order valence-electron chi connectivity index (χ2n) is 5.55. The lowest BCUT2D eigenvalue weighted by molar-refractivity contribution is 1.13. The number of nitrogens with zero attached hydrogens (tertiary/aromatic N) is 3. The van der Waals surface area contributed by atoms with E-state index in [-0.39, 0.29) is 0 Å². The summed E-state index contributed by atoms with van der Waals surface area (Å²) in [6.45, 7) is 0. The molecule has 25 heavy (non-hydrogen) atoms. The van der Waals surface area contributed by atoms with E-state index in [0.717, 1.165) is 11.4 Å². The molecule has 0 amide bonds. The number of hydrogen-bond acceptors (Lipinski definition) is 5. The van der Waals surface area contributed by atoms with Crippen LogP contribution in [0.1, 0.15) is 0 Å². The predicted molar refractivity (Wildman–Crippen MR) is 106 cm³/mol. The van der Waals surface area contributed by atoms with E-state index in [9.17, 15) is 0 Å². The molecule has 0 radical (unpaired) electrons. The molecule has 5 nitrogen and oxygen atoms in total. The summed E-state index contributed by atoms with van der Waals surface area (Å²) in [6.07, 6.45) is 1.66. The van der Waals surface area contributed by atoms with E-state index in [0.29, 0.717) is 27.5 Å². The van der Waals surface area contributed by atoms with E-state index in [1.54, 1.807) is 30.5 Å². The Hall–Kier alpha value is -2.50. The first-order valence-corrected chi connectivity index (χ1v) is 8.37. The highest BCUT2D eigenvalue weighted by atomic mass is 35.5. The fourth-order valence-electron chi connectivity index (χ4n) is 2.21. The van der Waals surface area contributed by atoms with Crippen LogP contribution in [0.15, 0.2) is 54.7 Å². The van der Waals surface area contributed by atoms with Gasteiger partial charge in [-0.1, -0.05) is 29.3 Å². The third-order valence-corrected chi connectivity index (χ3v) is 4.14. The first-order valence-electron chi connectivity index (χ1n) is 7.61. The summed E-state index contributed by atoms with van der Waals surface area (Å²) in [4.78, 5) is 10.7. The highest BCUT2D eigenvalue weighted by Gasteiger charge is 2.07. The van der Waals surface area contributed by atoms with Crippen molar-refractivity contribution in [1.29, 1.82) is 0 Å². The minimum atomic E-state index is 0.478. The molecule has 1 aromatic heterocycles. The van der Waals surface area contributed by atoms with Gasteiger partial charge >= 0.3 is 0 Å². The van der Waals surface area contributed by atoms with Gasteiger partial charge in [-0.25, -0.2) is 4.98 Å². The maximum absolute atomic E-state index is 6.18. The predicted octanol–water partition coefficient (Wildman–Crippen LogP) is 5.34. The molecule has 2 N–H and O–H groups in total. The molecule has 0 unspecified atom stereocenters. The average Bonchev–Trinajstić information content (AvgIpc) is 2.59. The first-order chi connectivity index (χ1) is 12.0. The Morgan fingerprint density at radius 2 is 1.56 bits per heavy atom. The summed E-state index contributed by atoms with van der Waals surface area (Å²) in [5.41, 5.74) is 2.64. The van der Waals surface area contributed by atoms with Crippen LogP contribution in [0.4, 0.5) is 28.8 Å². The van der Waals surface area contributed by atoms with Gasteiger partial charge in [-0.3, -0.25) is 0 Å². The minimum absolute atomic E-state index is 0.478. The average molecular weight is 374 g/mol. The van der Waals surface area contributed by atoms with Crippen molar-refractivity contribution in [3.05, 3.63) is 64.8 Å². The molecule has 0 aliphatic rings. The maximum Gasteiger partial charge on any atom is 0.229 e. The van der Waals surface area contributed by atoms with Gasteiger partial charge < -0.3 is 15.5 Å². The lowest BCUT2D eigenvalue weighted by Crippen LogP contribution is -2.08. The standard InChI is InChI=1S/C18H17Cl2N5/c1-25(2)13-8-6-12(7-9-13)22-18-21-11-10-16(24-18)23-17-14(19)4-3-5-15(17)20/h3-11H,1-2H3,(H2,21,22,23,24). The second kappa shape index (κ2) is 7.59. The van der Waals surface area contributed by atoms with Crippen LogP contribution in [-0.2, 0) is 0 Å². The number of anilines is 5. The Kier molecular flexibility index (Phi) is 5.26. The molecule has 3 rings (SSSR count). The van der Waals surface area contributed by atoms with Crippen LogP contribution in [0.25, 0.3) is 0 Å². The van der Waals surface area contributed by atoms with Gasteiger partial charge in [-0.05, 0) is 42.5 Å². The number of nitrogens with one attached hydrogen (secondary N) is 2. The molecule has 3 aromatic rings. The topological polar surface area (TPSA) is 53.1 Å². The molecular formula is C18H17Cl2N5. The van der Waals surface area contributed by atoms with Crippen molar-refractivity contribution < 1.29 is 0 Å². The van der Waals surface area contributed by atoms with Gasteiger partial charge in [-0.15, -0.1) is 0 Å². The third kappa shape index (κ3) is 4.32. The summed E-state index contributed by atoms with van der Waals surface area (Å²) in [5.74, 6) is 1.07. The van der Waals surface area contributed by atoms with Crippen LogP contribution in [0.5, 0.6) is 0 Å². The summed E-state index contributed by atoms with van der Waals surface area (Å²) >= 11 is 12.4. The van der Waals surface area contributed by atoms with Crippen LogP contribution < -0.4 is 15.5 Å². The third-order valence-electron chi connectivity index (χ3n) is 3.51. The largest absolute Gasteiger partial charge is 0.378 e. The van der Waals surface area contributed by atoms with Gasteiger partial charge in [0.15, 0.2) is 0 Å². The molecule has 0 aliphatic carbocycles. The molecule has 128 valence electrons. The van der Waals surface area contributed by atoms with Crippen molar-refractivity contribution in [2.75, 3.05) is 29.6 Å². The normalized spacial score (nSPS) is 10.4. The van der Waals surface area contributed by atoms with Crippen molar-refractivity contribution in [1.82, 2.24) is 9.97 Å². The van der Waals surface area contributed by atoms with E-state index in [1.807, 2.05) is 43.3 Å². The van der Waals surface area contributed by atoms with E-state index in [1.165, 1.54) is 0 Å². The molecular weight excluding hydrogens is 357 g/mol. The van der Waals surface area contributed by atoms with Gasteiger partial charge in [0.2, 0.25) is 5.95 Å². The number of para-hydroxylation sites is 1. The maximum atomic E-state index is 6.18. The Bertz CT molecular complexity index is 845. The summed E-state index contributed by atoms with van der Waals surface area (Å²) in [6, 6.07) is 15.1. The van der Waals surface area contributed by atoms with E-state index in [4.69, 9.17) is 23.2 Å². The molecule has 0 saturated carbocycles. The molecule has 0 atom stereocenters. The highest BCUT2D eigenvalue weighted by molar-refractivity contribution is 6.39. The number of rotatable bonds is 5. The molecule has 0 saturated heterocycles. The SMILES string of the molecule is CN(C)c1ccc(Nc2nccc(Nc3c(Cl)cccc3Cl)n2)cc1. The molecule has 0 aliphatic heterocycles. The van der Waals surface area contributed by atoms with Crippen LogP contribution in [0.3, 0.4) is 0 Å². The molecule has 0 spiro atoms. The smallest absolute Gasteiger partial charge is 0.229 e.